The fourth-order valence-electron chi connectivity index (χ4n) is 1.85. The molecule has 100 valence electrons. The number of nitrogens with zero attached hydrogens (tertiary/aromatic N) is 1. The predicted molar refractivity (Wildman–Crippen MR) is 72.8 cm³/mol. The van der Waals surface area contributed by atoms with Gasteiger partial charge in [0.25, 0.3) is 5.91 Å². The molecule has 1 N–H and O–H groups in total. The van der Waals surface area contributed by atoms with E-state index >= 15 is 0 Å². The Bertz CT molecular complexity index is 437. The Morgan fingerprint density at radius 1 is 1.33 bits per heavy atom. The summed E-state index contributed by atoms with van der Waals surface area (Å²) in [4.78, 5) is 27.9. The summed E-state index contributed by atoms with van der Waals surface area (Å²) in [6, 6.07) is 4.81. The molecule has 0 aliphatic heterocycles. The van der Waals surface area contributed by atoms with Crippen molar-refractivity contribution >= 4 is 5.91 Å². The first kappa shape index (κ1) is 14.5. The maximum Gasteiger partial charge on any atom is 0.270 e. The van der Waals surface area contributed by atoms with E-state index in [0.29, 0.717) is 5.69 Å². The molecule has 4 nitrogen and oxygen atoms in total. The first-order valence-electron chi connectivity index (χ1n) is 6.56. The van der Waals surface area contributed by atoms with Gasteiger partial charge in [-0.15, -0.1) is 0 Å². The number of rotatable bonds is 6. The second-order valence-corrected chi connectivity index (χ2v) is 4.73. The minimum absolute atomic E-state index is 0.0983. The van der Waals surface area contributed by atoms with Crippen LogP contribution in [0.4, 0.5) is 0 Å². The molecule has 0 atom stereocenters. The average Bonchev–Trinajstić information content (AvgIpc) is 2.33. The summed E-state index contributed by atoms with van der Waals surface area (Å²) in [6.07, 6.45) is 3.24. The molecule has 0 saturated carbocycles. The molecule has 1 amide bonds. The summed E-state index contributed by atoms with van der Waals surface area (Å²) in [5, 5.41) is 0. The third-order valence-electron chi connectivity index (χ3n) is 2.89. The predicted octanol–water partition coefficient (Wildman–Crippen LogP) is 2.42. The lowest BCUT2D eigenvalue weighted by molar-refractivity contribution is 0.0696. The van der Waals surface area contributed by atoms with Crippen LogP contribution in [0, 0.1) is 0 Å². The topological polar surface area (TPSA) is 53.2 Å². The second kappa shape index (κ2) is 6.99. The number of nitrogens with one attached hydrogen (secondary N) is 1. The number of unbranched alkanes of at least 4 members (excludes halogenated alkanes) is 2. The summed E-state index contributed by atoms with van der Waals surface area (Å²) < 4.78 is 0. The molecule has 4 heteroatoms. The molecule has 1 aromatic heterocycles. The van der Waals surface area contributed by atoms with Crippen molar-refractivity contribution in [1.29, 1.82) is 0 Å². The maximum absolute atomic E-state index is 12.3. The molecule has 0 spiro atoms. The van der Waals surface area contributed by atoms with E-state index in [2.05, 4.69) is 11.9 Å². The van der Waals surface area contributed by atoms with Gasteiger partial charge in [-0.2, -0.15) is 0 Å². The summed E-state index contributed by atoms with van der Waals surface area (Å²) >= 11 is 0. The van der Waals surface area contributed by atoms with Gasteiger partial charge >= 0.3 is 0 Å². The molecule has 0 bridgehead atoms. The van der Waals surface area contributed by atoms with Crippen LogP contribution in [-0.2, 0) is 0 Å². The van der Waals surface area contributed by atoms with Crippen molar-refractivity contribution in [3.05, 3.63) is 34.2 Å². The van der Waals surface area contributed by atoms with Crippen LogP contribution in [0.1, 0.15) is 50.5 Å². The quantitative estimate of drug-likeness (QED) is 0.788. The van der Waals surface area contributed by atoms with Crippen molar-refractivity contribution in [2.24, 2.45) is 0 Å². The number of hydrogen-bond acceptors (Lipinski definition) is 2. The van der Waals surface area contributed by atoms with Crippen molar-refractivity contribution in [3.8, 4) is 0 Å². The van der Waals surface area contributed by atoms with E-state index in [0.717, 1.165) is 25.8 Å². The average molecular weight is 250 g/mol. The zero-order chi connectivity index (χ0) is 13.5. The van der Waals surface area contributed by atoms with Gasteiger partial charge in [0.15, 0.2) is 0 Å². The van der Waals surface area contributed by atoms with E-state index in [1.54, 1.807) is 17.0 Å². The van der Waals surface area contributed by atoms with Gasteiger partial charge in [0.05, 0.1) is 0 Å². The van der Waals surface area contributed by atoms with Crippen molar-refractivity contribution < 1.29 is 4.79 Å². The molecule has 0 radical (unpaired) electrons. The highest BCUT2D eigenvalue weighted by Gasteiger charge is 2.18. The first-order chi connectivity index (χ1) is 8.56. The van der Waals surface area contributed by atoms with Gasteiger partial charge in [-0.1, -0.05) is 25.8 Å². The van der Waals surface area contributed by atoms with Gasteiger partial charge in [-0.25, -0.2) is 0 Å². The lowest BCUT2D eigenvalue weighted by atomic mass is 10.2. The molecule has 1 aromatic rings. The highest BCUT2D eigenvalue weighted by atomic mass is 16.2. The summed E-state index contributed by atoms with van der Waals surface area (Å²) in [5.41, 5.74) is 0.130. The SMILES string of the molecule is CCCCCN(C(=O)c1cccc(=O)[nH]1)C(C)C. The maximum atomic E-state index is 12.3. The second-order valence-electron chi connectivity index (χ2n) is 4.73. The summed E-state index contributed by atoms with van der Waals surface area (Å²) in [5.74, 6) is -0.0983. The van der Waals surface area contributed by atoms with E-state index in [-0.39, 0.29) is 17.5 Å². The summed E-state index contributed by atoms with van der Waals surface area (Å²) in [7, 11) is 0. The molecule has 0 fully saturated rings. The lowest BCUT2D eigenvalue weighted by Gasteiger charge is -2.26. The van der Waals surface area contributed by atoms with E-state index in [1.165, 1.54) is 6.07 Å². The van der Waals surface area contributed by atoms with Crippen LogP contribution in [0.25, 0.3) is 0 Å². The molecule has 0 aliphatic rings. The third kappa shape index (κ3) is 4.02. The minimum atomic E-state index is -0.238. The van der Waals surface area contributed by atoms with Crippen LogP contribution >= 0.6 is 0 Å². The number of amides is 1. The number of aromatic amines is 1. The van der Waals surface area contributed by atoms with Gasteiger partial charge < -0.3 is 9.88 Å². The number of carbonyl (C=O) groups excluding carboxylic acids is 1. The number of carbonyl (C=O) groups is 1. The molecule has 0 saturated heterocycles. The number of aromatic nitrogens is 1. The molecule has 1 heterocycles. The van der Waals surface area contributed by atoms with Gasteiger partial charge in [-0.05, 0) is 26.3 Å². The Kier molecular flexibility index (Phi) is 5.62. The van der Waals surface area contributed by atoms with Crippen molar-refractivity contribution in [2.75, 3.05) is 6.54 Å². The van der Waals surface area contributed by atoms with Gasteiger partial charge in [0.1, 0.15) is 5.69 Å². The molecule has 0 unspecified atom stereocenters. The molecule has 1 rings (SSSR count). The van der Waals surface area contributed by atoms with Crippen LogP contribution in [-0.4, -0.2) is 28.4 Å². The third-order valence-corrected chi connectivity index (χ3v) is 2.89. The Labute approximate surface area is 108 Å². The van der Waals surface area contributed by atoms with E-state index in [1.807, 2.05) is 13.8 Å². The zero-order valence-corrected chi connectivity index (χ0v) is 11.4. The Hall–Kier alpha value is -1.58. The fraction of sp³-hybridized carbons (Fsp3) is 0.571. The smallest absolute Gasteiger partial charge is 0.270 e. The molecular weight excluding hydrogens is 228 g/mol. The normalized spacial score (nSPS) is 10.7. The van der Waals surface area contributed by atoms with Crippen molar-refractivity contribution in [2.45, 2.75) is 46.1 Å². The molecule has 0 aliphatic carbocycles. The molecule has 0 aromatic carbocycles. The Morgan fingerprint density at radius 3 is 2.61 bits per heavy atom. The van der Waals surface area contributed by atoms with Gasteiger partial charge in [0, 0.05) is 18.7 Å². The molecule has 18 heavy (non-hydrogen) atoms. The van der Waals surface area contributed by atoms with Crippen LogP contribution in [0.15, 0.2) is 23.0 Å². The highest BCUT2D eigenvalue weighted by molar-refractivity contribution is 5.92. The standard InChI is InChI=1S/C14H22N2O2/c1-4-5-6-10-16(11(2)3)14(18)12-8-7-9-13(17)15-12/h7-9,11H,4-6,10H2,1-3H3,(H,15,17). The number of pyridine rings is 1. The largest absolute Gasteiger partial charge is 0.335 e. The van der Waals surface area contributed by atoms with E-state index < -0.39 is 0 Å². The van der Waals surface area contributed by atoms with Crippen molar-refractivity contribution in [1.82, 2.24) is 9.88 Å². The van der Waals surface area contributed by atoms with E-state index in [9.17, 15) is 9.59 Å². The monoisotopic (exact) mass is 250 g/mol. The molecular formula is C14H22N2O2. The van der Waals surface area contributed by atoms with E-state index in [4.69, 9.17) is 0 Å². The fourth-order valence-corrected chi connectivity index (χ4v) is 1.85. The van der Waals surface area contributed by atoms with Crippen LogP contribution in [0.2, 0.25) is 0 Å². The first-order valence-corrected chi connectivity index (χ1v) is 6.56. The highest BCUT2D eigenvalue weighted by Crippen LogP contribution is 2.08. The number of hydrogen-bond donors (Lipinski definition) is 1. The van der Waals surface area contributed by atoms with Gasteiger partial charge in [-0.3, -0.25) is 9.59 Å². The lowest BCUT2D eigenvalue weighted by Crippen LogP contribution is -2.38. The Balaban J connectivity index is 2.79. The van der Waals surface area contributed by atoms with Crippen LogP contribution in [0.5, 0.6) is 0 Å². The number of H-pyrrole nitrogens is 1. The van der Waals surface area contributed by atoms with Gasteiger partial charge in [0.2, 0.25) is 5.56 Å². The zero-order valence-electron chi connectivity index (χ0n) is 11.4. The minimum Gasteiger partial charge on any atom is -0.335 e. The summed E-state index contributed by atoms with van der Waals surface area (Å²) in [6.45, 7) is 6.85. The van der Waals surface area contributed by atoms with Crippen molar-refractivity contribution in [3.63, 3.8) is 0 Å². The Morgan fingerprint density at radius 2 is 2.06 bits per heavy atom. The van der Waals surface area contributed by atoms with Crippen LogP contribution in [0.3, 0.4) is 0 Å². The van der Waals surface area contributed by atoms with Crippen LogP contribution < -0.4 is 5.56 Å².